The number of esters is 1. The van der Waals surface area contributed by atoms with Gasteiger partial charge >= 0.3 is 5.97 Å². The number of hydrogen-bond donors (Lipinski definition) is 1. The van der Waals surface area contributed by atoms with Gasteiger partial charge in [-0.15, -0.1) is 0 Å². The normalized spacial score (nSPS) is 19.2. The number of nitrogens with zero attached hydrogens (tertiary/aromatic N) is 2. The smallest absolute Gasteiger partial charge is 0.308 e. The zero-order valence-corrected chi connectivity index (χ0v) is 16.5. The van der Waals surface area contributed by atoms with Crippen molar-refractivity contribution in [3.05, 3.63) is 58.0 Å². The molecule has 1 fully saturated rings. The van der Waals surface area contributed by atoms with Gasteiger partial charge in [-0.25, -0.2) is 4.98 Å². The Bertz CT molecular complexity index is 1160. The molecule has 0 saturated heterocycles. The molecule has 2 aromatic heterocycles. The van der Waals surface area contributed by atoms with Gasteiger partial charge in [0.15, 0.2) is 5.65 Å². The molecule has 1 amide bonds. The number of carbonyl (C=O) groups excluding carboxylic acids is 2. The van der Waals surface area contributed by atoms with E-state index >= 15 is 0 Å². The van der Waals surface area contributed by atoms with Gasteiger partial charge in [0.2, 0.25) is 0 Å². The highest BCUT2D eigenvalue weighted by molar-refractivity contribution is 6.01. The molecular formula is C22H23N3O4. The number of benzene rings is 1. The first-order valence-corrected chi connectivity index (χ1v) is 9.78. The Kier molecular flexibility index (Phi) is 5.05. The van der Waals surface area contributed by atoms with Crippen LogP contribution in [0, 0.1) is 12.8 Å². The van der Waals surface area contributed by atoms with Crippen LogP contribution in [0.1, 0.15) is 41.6 Å². The highest BCUT2D eigenvalue weighted by Crippen LogP contribution is 2.25. The van der Waals surface area contributed by atoms with Crippen molar-refractivity contribution in [1.29, 1.82) is 0 Å². The third-order valence-electron chi connectivity index (χ3n) is 5.59. The minimum absolute atomic E-state index is 0.0175. The number of methoxy groups -OCH3 is 1. The first-order valence-electron chi connectivity index (χ1n) is 9.78. The van der Waals surface area contributed by atoms with Crippen molar-refractivity contribution in [1.82, 2.24) is 14.7 Å². The average Bonchev–Trinajstić information content (AvgIpc) is 2.74. The van der Waals surface area contributed by atoms with Crippen molar-refractivity contribution in [2.24, 2.45) is 5.92 Å². The molecule has 0 atom stereocenters. The first kappa shape index (κ1) is 19.1. The number of para-hydroxylation sites is 1. The fraction of sp³-hybridized carbons (Fsp3) is 0.364. The molecule has 7 nitrogen and oxygen atoms in total. The molecule has 150 valence electrons. The molecule has 1 aliphatic carbocycles. The zero-order chi connectivity index (χ0) is 20.5. The van der Waals surface area contributed by atoms with Crippen LogP contribution in [-0.4, -0.2) is 34.4 Å². The highest BCUT2D eigenvalue weighted by Gasteiger charge is 2.28. The summed E-state index contributed by atoms with van der Waals surface area (Å²) in [4.78, 5) is 42.2. The minimum atomic E-state index is -0.255. The summed E-state index contributed by atoms with van der Waals surface area (Å²) < 4.78 is 6.26. The van der Waals surface area contributed by atoms with Gasteiger partial charge in [-0.3, -0.25) is 18.8 Å². The van der Waals surface area contributed by atoms with Gasteiger partial charge in [-0.1, -0.05) is 12.1 Å². The van der Waals surface area contributed by atoms with Crippen molar-refractivity contribution in [3.63, 3.8) is 0 Å². The third-order valence-corrected chi connectivity index (χ3v) is 5.59. The topological polar surface area (TPSA) is 89.8 Å². The maximum absolute atomic E-state index is 13.0. The fourth-order valence-electron chi connectivity index (χ4n) is 4.06. The molecule has 2 heterocycles. The fourth-order valence-corrected chi connectivity index (χ4v) is 4.06. The lowest BCUT2D eigenvalue weighted by molar-refractivity contribution is -0.146. The summed E-state index contributed by atoms with van der Waals surface area (Å²) in [5, 5.41) is 3.57. The number of pyridine rings is 1. The first-order chi connectivity index (χ1) is 14.0. The van der Waals surface area contributed by atoms with Crippen molar-refractivity contribution in [2.45, 2.75) is 38.6 Å². The quantitative estimate of drug-likeness (QED) is 0.546. The van der Waals surface area contributed by atoms with Gasteiger partial charge in [-0.2, -0.15) is 0 Å². The van der Waals surface area contributed by atoms with E-state index in [9.17, 15) is 14.4 Å². The van der Waals surface area contributed by atoms with Gasteiger partial charge in [0.25, 0.3) is 11.5 Å². The lowest BCUT2D eigenvalue weighted by atomic mass is 9.86. The summed E-state index contributed by atoms with van der Waals surface area (Å²) in [5.74, 6) is -0.538. The van der Waals surface area contributed by atoms with Crippen LogP contribution < -0.4 is 10.9 Å². The molecule has 1 saturated carbocycles. The number of aromatic nitrogens is 2. The molecule has 0 aliphatic heterocycles. The molecule has 1 N–H and O–H groups in total. The van der Waals surface area contributed by atoms with Crippen LogP contribution in [-0.2, 0) is 9.53 Å². The molecule has 3 aromatic rings. The molecule has 29 heavy (non-hydrogen) atoms. The van der Waals surface area contributed by atoms with E-state index in [1.165, 1.54) is 11.5 Å². The molecule has 7 heteroatoms. The van der Waals surface area contributed by atoms with Gasteiger partial charge in [0, 0.05) is 12.2 Å². The van der Waals surface area contributed by atoms with E-state index in [0.29, 0.717) is 47.8 Å². The van der Waals surface area contributed by atoms with Crippen molar-refractivity contribution in [2.75, 3.05) is 7.11 Å². The Labute approximate surface area is 167 Å². The number of rotatable bonds is 3. The van der Waals surface area contributed by atoms with E-state index < -0.39 is 0 Å². The van der Waals surface area contributed by atoms with Crippen LogP contribution in [0.25, 0.3) is 16.6 Å². The van der Waals surface area contributed by atoms with E-state index in [2.05, 4.69) is 10.3 Å². The summed E-state index contributed by atoms with van der Waals surface area (Å²) >= 11 is 0. The Hall–Kier alpha value is -3.22. The van der Waals surface area contributed by atoms with Crippen LogP contribution >= 0.6 is 0 Å². The maximum atomic E-state index is 13.0. The van der Waals surface area contributed by atoms with Crippen molar-refractivity contribution in [3.8, 4) is 0 Å². The summed E-state index contributed by atoms with van der Waals surface area (Å²) in [5.41, 5.74) is 1.90. The predicted molar refractivity (Wildman–Crippen MR) is 109 cm³/mol. The maximum Gasteiger partial charge on any atom is 0.308 e. The van der Waals surface area contributed by atoms with Crippen molar-refractivity contribution >= 4 is 28.4 Å². The molecule has 0 spiro atoms. The number of fused-ring (bicyclic) bond motifs is 2. The van der Waals surface area contributed by atoms with E-state index in [4.69, 9.17) is 4.74 Å². The lowest BCUT2D eigenvalue weighted by Crippen LogP contribution is -2.39. The van der Waals surface area contributed by atoms with Gasteiger partial charge < -0.3 is 10.1 Å². The predicted octanol–water partition coefficient (Wildman–Crippen LogP) is 2.62. The SMILES string of the molecule is COC(=O)[C@H]1CC[C@@H](NC(=O)c2cc(C)cn3c(=O)c4ccccc4nc23)CC1. The third kappa shape index (κ3) is 3.60. The monoisotopic (exact) mass is 393 g/mol. The number of ether oxygens (including phenoxy) is 1. The average molecular weight is 393 g/mol. The molecule has 1 aromatic carbocycles. The van der Waals surface area contributed by atoms with E-state index in [-0.39, 0.29) is 29.4 Å². The summed E-state index contributed by atoms with van der Waals surface area (Å²) in [6.45, 7) is 1.85. The molecule has 0 bridgehead atoms. The second kappa shape index (κ2) is 7.66. The minimum Gasteiger partial charge on any atom is -0.469 e. The van der Waals surface area contributed by atoms with E-state index in [0.717, 1.165) is 5.56 Å². The molecule has 4 rings (SSSR count). The Morgan fingerprint density at radius 1 is 1.17 bits per heavy atom. The Morgan fingerprint density at radius 3 is 2.62 bits per heavy atom. The van der Waals surface area contributed by atoms with Crippen LogP contribution in [0.2, 0.25) is 0 Å². The van der Waals surface area contributed by atoms with Crippen LogP contribution in [0.5, 0.6) is 0 Å². The Morgan fingerprint density at radius 2 is 1.90 bits per heavy atom. The second-order valence-electron chi connectivity index (χ2n) is 7.60. The summed E-state index contributed by atoms with van der Waals surface area (Å²) in [6.07, 6.45) is 4.51. The van der Waals surface area contributed by atoms with E-state index in [1.54, 1.807) is 30.5 Å². The molecule has 1 aliphatic rings. The number of aryl methyl sites for hydroxylation is 1. The molecular weight excluding hydrogens is 370 g/mol. The van der Waals surface area contributed by atoms with Crippen molar-refractivity contribution < 1.29 is 14.3 Å². The number of carbonyl (C=O) groups is 2. The largest absolute Gasteiger partial charge is 0.469 e. The number of amides is 1. The number of nitrogens with one attached hydrogen (secondary N) is 1. The highest BCUT2D eigenvalue weighted by atomic mass is 16.5. The lowest BCUT2D eigenvalue weighted by Gasteiger charge is -2.27. The van der Waals surface area contributed by atoms with Gasteiger partial charge in [0.1, 0.15) is 0 Å². The standard InChI is InChI=1S/C22H23N3O4/c1-13-11-17(20(26)23-15-9-7-14(8-10-15)22(28)29-2)19-24-18-6-4-3-5-16(18)21(27)25(19)12-13/h3-6,11-12,14-15H,7-10H2,1-2H3,(H,23,26)/t14-,15+. The van der Waals surface area contributed by atoms with Crippen LogP contribution in [0.15, 0.2) is 41.3 Å². The van der Waals surface area contributed by atoms with Gasteiger partial charge in [-0.05, 0) is 56.4 Å². The van der Waals surface area contributed by atoms with Crippen LogP contribution in [0.4, 0.5) is 0 Å². The molecule has 0 unspecified atom stereocenters. The Balaban J connectivity index is 1.64. The second-order valence-corrected chi connectivity index (χ2v) is 7.60. The van der Waals surface area contributed by atoms with Gasteiger partial charge in [0.05, 0.1) is 29.5 Å². The van der Waals surface area contributed by atoms with E-state index in [1.807, 2.05) is 13.0 Å². The summed E-state index contributed by atoms with van der Waals surface area (Å²) in [6, 6.07) is 8.86. The molecule has 0 radical (unpaired) electrons. The van der Waals surface area contributed by atoms with Crippen LogP contribution in [0.3, 0.4) is 0 Å². The zero-order valence-electron chi connectivity index (χ0n) is 16.5. The summed E-state index contributed by atoms with van der Waals surface area (Å²) in [7, 11) is 1.40. The number of hydrogen-bond acceptors (Lipinski definition) is 5.